The van der Waals surface area contributed by atoms with Gasteiger partial charge in [0.05, 0.1) is 0 Å². The summed E-state index contributed by atoms with van der Waals surface area (Å²) in [7, 11) is 2.14. The highest BCUT2D eigenvalue weighted by Gasteiger charge is 2.28. The average molecular weight is 211 g/mol. The van der Waals surface area contributed by atoms with Crippen LogP contribution in [0.25, 0.3) is 0 Å². The molecule has 0 radical (unpaired) electrons. The minimum atomic E-state index is 0.792. The van der Waals surface area contributed by atoms with Crippen molar-refractivity contribution in [1.29, 1.82) is 0 Å². The van der Waals surface area contributed by atoms with Crippen LogP contribution in [-0.4, -0.2) is 13.1 Å². The maximum atomic E-state index is 3.52. The van der Waals surface area contributed by atoms with Crippen LogP contribution in [0.2, 0.25) is 0 Å². The summed E-state index contributed by atoms with van der Waals surface area (Å²) in [6.45, 7) is 7.15. The average Bonchev–Trinajstić information content (AvgIpc) is 2.18. The van der Waals surface area contributed by atoms with E-state index in [1.165, 1.54) is 38.5 Å². The summed E-state index contributed by atoms with van der Waals surface area (Å²) in [5, 5.41) is 3.52. The Morgan fingerprint density at radius 1 is 1.33 bits per heavy atom. The molecular weight excluding hydrogens is 182 g/mol. The molecule has 1 aliphatic rings. The van der Waals surface area contributed by atoms with E-state index in [0.29, 0.717) is 0 Å². The Morgan fingerprint density at radius 2 is 2.07 bits per heavy atom. The maximum absolute atomic E-state index is 3.52. The molecule has 1 rings (SSSR count). The van der Waals surface area contributed by atoms with Gasteiger partial charge in [0.2, 0.25) is 0 Å². The fourth-order valence-electron chi connectivity index (χ4n) is 3.27. The van der Waals surface area contributed by atoms with Crippen LogP contribution < -0.4 is 5.32 Å². The summed E-state index contributed by atoms with van der Waals surface area (Å²) < 4.78 is 0. The lowest BCUT2D eigenvalue weighted by Gasteiger charge is -2.36. The summed E-state index contributed by atoms with van der Waals surface area (Å²) in [6.07, 6.45) is 8.43. The van der Waals surface area contributed by atoms with Gasteiger partial charge >= 0.3 is 0 Å². The highest BCUT2D eigenvalue weighted by atomic mass is 14.9. The minimum absolute atomic E-state index is 0.792. The third kappa shape index (κ3) is 4.14. The standard InChI is InChI=1S/C14H29N/c1-5-6-11(2)9-13-10-12(3)7-8-14(13)15-4/h11-15H,5-10H2,1-4H3. The van der Waals surface area contributed by atoms with Crippen molar-refractivity contribution >= 4 is 0 Å². The molecule has 4 atom stereocenters. The van der Waals surface area contributed by atoms with Crippen LogP contribution in [0.4, 0.5) is 0 Å². The van der Waals surface area contributed by atoms with Gasteiger partial charge in [-0.15, -0.1) is 0 Å². The molecule has 0 aromatic heterocycles. The molecule has 0 amide bonds. The van der Waals surface area contributed by atoms with E-state index >= 15 is 0 Å². The topological polar surface area (TPSA) is 12.0 Å². The van der Waals surface area contributed by atoms with Gasteiger partial charge in [-0.25, -0.2) is 0 Å². The first kappa shape index (κ1) is 13.0. The lowest BCUT2D eigenvalue weighted by Crippen LogP contribution is -2.38. The Kier molecular flexibility index (Phi) is 5.66. The van der Waals surface area contributed by atoms with Crippen LogP contribution >= 0.6 is 0 Å². The zero-order chi connectivity index (χ0) is 11.3. The van der Waals surface area contributed by atoms with Crippen LogP contribution in [0.5, 0.6) is 0 Å². The van der Waals surface area contributed by atoms with E-state index in [4.69, 9.17) is 0 Å². The molecule has 0 aliphatic heterocycles. The Labute approximate surface area is 96.0 Å². The molecule has 0 aromatic rings. The molecule has 0 bridgehead atoms. The minimum Gasteiger partial charge on any atom is -0.317 e. The largest absolute Gasteiger partial charge is 0.317 e. The second-order valence-electron chi connectivity index (χ2n) is 5.70. The van der Waals surface area contributed by atoms with Crippen LogP contribution in [-0.2, 0) is 0 Å². The molecule has 0 saturated heterocycles. The molecule has 0 aromatic carbocycles. The van der Waals surface area contributed by atoms with Gasteiger partial charge in [-0.3, -0.25) is 0 Å². The molecule has 15 heavy (non-hydrogen) atoms. The molecule has 1 nitrogen and oxygen atoms in total. The zero-order valence-corrected chi connectivity index (χ0v) is 11.1. The van der Waals surface area contributed by atoms with Crippen LogP contribution in [0.3, 0.4) is 0 Å². The van der Waals surface area contributed by atoms with Gasteiger partial charge in [0.25, 0.3) is 0 Å². The van der Waals surface area contributed by atoms with E-state index in [9.17, 15) is 0 Å². The van der Waals surface area contributed by atoms with Gasteiger partial charge in [-0.2, -0.15) is 0 Å². The molecule has 1 aliphatic carbocycles. The van der Waals surface area contributed by atoms with E-state index in [0.717, 1.165) is 23.8 Å². The van der Waals surface area contributed by atoms with E-state index in [1.807, 2.05) is 0 Å². The summed E-state index contributed by atoms with van der Waals surface area (Å²) >= 11 is 0. The molecule has 0 heterocycles. The molecule has 1 saturated carbocycles. The smallest absolute Gasteiger partial charge is 0.00926 e. The van der Waals surface area contributed by atoms with Crippen LogP contribution in [0.15, 0.2) is 0 Å². The Hall–Kier alpha value is -0.0400. The van der Waals surface area contributed by atoms with Crippen molar-refractivity contribution in [2.24, 2.45) is 17.8 Å². The Bertz CT molecular complexity index is 167. The first-order valence-corrected chi connectivity index (χ1v) is 6.84. The zero-order valence-electron chi connectivity index (χ0n) is 11.1. The van der Waals surface area contributed by atoms with Gasteiger partial charge in [-0.1, -0.05) is 33.6 Å². The predicted molar refractivity (Wildman–Crippen MR) is 68.0 cm³/mol. The SMILES string of the molecule is CCCC(C)CC1CC(C)CCC1NC. The van der Waals surface area contributed by atoms with E-state index in [-0.39, 0.29) is 0 Å². The van der Waals surface area contributed by atoms with Crippen molar-refractivity contribution in [3.63, 3.8) is 0 Å². The van der Waals surface area contributed by atoms with Crippen molar-refractivity contribution in [2.75, 3.05) is 7.05 Å². The monoisotopic (exact) mass is 211 g/mol. The Balaban J connectivity index is 2.40. The van der Waals surface area contributed by atoms with Crippen molar-refractivity contribution in [1.82, 2.24) is 5.32 Å². The maximum Gasteiger partial charge on any atom is 0.00926 e. The summed E-state index contributed by atoms with van der Waals surface area (Å²) in [5.74, 6) is 2.80. The van der Waals surface area contributed by atoms with Crippen LogP contribution in [0, 0.1) is 17.8 Å². The summed E-state index contributed by atoms with van der Waals surface area (Å²) in [5.41, 5.74) is 0. The third-order valence-electron chi connectivity index (χ3n) is 4.10. The molecular formula is C14H29N. The fraction of sp³-hybridized carbons (Fsp3) is 1.00. The highest BCUT2D eigenvalue weighted by Crippen LogP contribution is 2.33. The quantitative estimate of drug-likeness (QED) is 0.728. The Morgan fingerprint density at radius 3 is 2.67 bits per heavy atom. The van der Waals surface area contributed by atoms with Gasteiger partial charge in [-0.05, 0) is 50.5 Å². The molecule has 1 N–H and O–H groups in total. The van der Waals surface area contributed by atoms with Crippen molar-refractivity contribution in [3.05, 3.63) is 0 Å². The normalized spacial score (nSPS) is 34.0. The van der Waals surface area contributed by atoms with Gasteiger partial charge in [0, 0.05) is 6.04 Å². The second kappa shape index (κ2) is 6.52. The van der Waals surface area contributed by atoms with E-state index in [1.54, 1.807) is 0 Å². The molecule has 1 fully saturated rings. The highest BCUT2D eigenvalue weighted by molar-refractivity contribution is 4.83. The van der Waals surface area contributed by atoms with Crippen molar-refractivity contribution < 1.29 is 0 Å². The number of rotatable bonds is 5. The first-order chi connectivity index (χ1) is 7.17. The number of hydrogen-bond donors (Lipinski definition) is 1. The van der Waals surface area contributed by atoms with Gasteiger partial charge < -0.3 is 5.32 Å². The molecule has 0 spiro atoms. The van der Waals surface area contributed by atoms with Crippen molar-refractivity contribution in [3.8, 4) is 0 Å². The predicted octanol–water partition coefficient (Wildman–Crippen LogP) is 3.84. The number of hydrogen-bond acceptors (Lipinski definition) is 1. The first-order valence-electron chi connectivity index (χ1n) is 6.84. The molecule has 4 unspecified atom stereocenters. The van der Waals surface area contributed by atoms with Crippen LogP contribution in [0.1, 0.15) is 59.3 Å². The number of nitrogens with one attached hydrogen (secondary N) is 1. The van der Waals surface area contributed by atoms with Gasteiger partial charge in [0.1, 0.15) is 0 Å². The van der Waals surface area contributed by atoms with Crippen molar-refractivity contribution in [2.45, 2.75) is 65.3 Å². The molecule has 90 valence electrons. The van der Waals surface area contributed by atoms with Gasteiger partial charge in [0.15, 0.2) is 0 Å². The van der Waals surface area contributed by atoms with E-state index in [2.05, 4.69) is 33.1 Å². The lowest BCUT2D eigenvalue weighted by molar-refractivity contribution is 0.188. The molecule has 1 heteroatoms. The lowest BCUT2D eigenvalue weighted by atomic mass is 9.74. The summed E-state index contributed by atoms with van der Waals surface area (Å²) in [4.78, 5) is 0. The summed E-state index contributed by atoms with van der Waals surface area (Å²) in [6, 6.07) is 0.792. The van der Waals surface area contributed by atoms with E-state index < -0.39 is 0 Å². The fourth-order valence-corrected chi connectivity index (χ4v) is 3.27. The second-order valence-corrected chi connectivity index (χ2v) is 5.70. The third-order valence-corrected chi connectivity index (χ3v) is 4.10.